The van der Waals surface area contributed by atoms with E-state index in [0.717, 1.165) is 22.2 Å². The van der Waals surface area contributed by atoms with Gasteiger partial charge in [-0.3, -0.25) is 4.98 Å². The third-order valence-corrected chi connectivity index (χ3v) is 4.16. The summed E-state index contributed by atoms with van der Waals surface area (Å²) in [6.07, 6.45) is 1.74. The van der Waals surface area contributed by atoms with Gasteiger partial charge in [-0.15, -0.1) is 0 Å². The summed E-state index contributed by atoms with van der Waals surface area (Å²) in [5, 5.41) is 4.22. The first kappa shape index (κ1) is 16.4. The normalized spacial score (nSPS) is 10.8. The molecular weight excluding hydrogens is 351 g/mol. The molecule has 26 heavy (non-hydrogen) atoms. The first-order valence-corrected chi connectivity index (χ1v) is 8.44. The maximum absolute atomic E-state index is 13.7. The molecule has 2 heterocycles. The Kier molecular flexibility index (Phi) is 4.46. The highest BCUT2D eigenvalue weighted by atomic mass is 35.5. The maximum atomic E-state index is 13.7. The molecular formula is C20H14ClFN4. The van der Waals surface area contributed by atoms with Crippen molar-refractivity contribution in [1.82, 2.24) is 15.0 Å². The van der Waals surface area contributed by atoms with Crippen molar-refractivity contribution in [1.29, 1.82) is 0 Å². The van der Waals surface area contributed by atoms with Gasteiger partial charge in [0.2, 0.25) is 5.28 Å². The Hall–Kier alpha value is -3.05. The molecule has 0 spiro atoms. The van der Waals surface area contributed by atoms with Crippen LogP contribution in [0.1, 0.15) is 5.69 Å². The number of aromatic nitrogens is 3. The molecule has 0 saturated heterocycles. The van der Waals surface area contributed by atoms with E-state index in [1.165, 1.54) is 12.1 Å². The van der Waals surface area contributed by atoms with Gasteiger partial charge in [0.1, 0.15) is 11.6 Å². The lowest BCUT2D eigenvalue weighted by atomic mass is 10.0. The molecule has 4 nitrogen and oxygen atoms in total. The lowest BCUT2D eigenvalue weighted by molar-refractivity contribution is 0.628. The summed E-state index contributed by atoms with van der Waals surface area (Å²) < 4.78 is 13.7. The van der Waals surface area contributed by atoms with Crippen LogP contribution in [-0.4, -0.2) is 15.0 Å². The molecule has 0 aliphatic heterocycles. The van der Waals surface area contributed by atoms with E-state index in [9.17, 15) is 4.39 Å². The predicted octanol–water partition coefficient (Wildman–Crippen LogP) is 5.10. The number of hydrogen-bond acceptors (Lipinski definition) is 4. The van der Waals surface area contributed by atoms with Gasteiger partial charge in [-0.2, -0.15) is 0 Å². The van der Waals surface area contributed by atoms with Crippen LogP contribution in [-0.2, 0) is 6.54 Å². The molecule has 0 aliphatic carbocycles. The lowest BCUT2D eigenvalue weighted by Crippen LogP contribution is -2.05. The Balaban J connectivity index is 1.83. The van der Waals surface area contributed by atoms with E-state index in [1.54, 1.807) is 12.3 Å². The van der Waals surface area contributed by atoms with Crippen molar-refractivity contribution >= 4 is 28.3 Å². The first-order chi connectivity index (χ1) is 12.7. The summed E-state index contributed by atoms with van der Waals surface area (Å²) in [6, 6.07) is 17.8. The molecule has 1 N–H and O–H groups in total. The van der Waals surface area contributed by atoms with Crippen molar-refractivity contribution in [2.45, 2.75) is 6.54 Å². The third-order valence-electron chi connectivity index (χ3n) is 3.99. The standard InChI is InChI=1S/C20H14ClFN4/c21-20-25-17-9-4-8-16(13-5-3-6-14(22)11-13)18(17)19(26-20)24-12-15-7-1-2-10-23-15/h1-11H,12H2,(H,24,25,26). The molecule has 0 radical (unpaired) electrons. The Morgan fingerprint density at radius 1 is 0.962 bits per heavy atom. The third kappa shape index (κ3) is 3.34. The molecule has 0 saturated carbocycles. The van der Waals surface area contributed by atoms with Gasteiger partial charge < -0.3 is 5.32 Å². The zero-order chi connectivity index (χ0) is 17.9. The minimum Gasteiger partial charge on any atom is -0.364 e. The van der Waals surface area contributed by atoms with Crippen LogP contribution in [0.4, 0.5) is 10.2 Å². The second-order valence-electron chi connectivity index (χ2n) is 5.73. The van der Waals surface area contributed by atoms with E-state index in [-0.39, 0.29) is 11.1 Å². The fourth-order valence-corrected chi connectivity index (χ4v) is 3.03. The van der Waals surface area contributed by atoms with Gasteiger partial charge in [0.05, 0.1) is 23.1 Å². The molecule has 0 aliphatic rings. The van der Waals surface area contributed by atoms with Crippen molar-refractivity contribution < 1.29 is 4.39 Å². The smallest absolute Gasteiger partial charge is 0.224 e. The highest BCUT2D eigenvalue weighted by Gasteiger charge is 2.13. The summed E-state index contributed by atoms with van der Waals surface area (Å²) in [6.45, 7) is 0.487. The summed E-state index contributed by atoms with van der Waals surface area (Å²) in [4.78, 5) is 13.0. The van der Waals surface area contributed by atoms with Crippen LogP contribution in [0.5, 0.6) is 0 Å². The number of pyridine rings is 1. The molecule has 0 fully saturated rings. The second-order valence-corrected chi connectivity index (χ2v) is 6.06. The molecule has 4 aromatic rings. The maximum Gasteiger partial charge on any atom is 0.224 e. The molecule has 0 atom stereocenters. The molecule has 0 bridgehead atoms. The Morgan fingerprint density at radius 3 is 2.65 bits per heavy atom. The number of rotatable bonds is 4. The van der Waals surface area contributed by atoms with Crippen molar-refractivity contribution in [3.8, 4) is 11.1 Å². The zero-order valence-corrected chi connectivity index (χ0v) is 14.4. The van der Waals surface area contributed by atoms with Crippen LogP contribution in [0.2, 0.25) is 5.28 Å². The second kappa shape index (κ2) is 7.06. The molecule has 4 rings (SSSR count). The minimum absolute atomic E-state index is 0.150. The van der Waals surface area contributed by atoms with Gasteiger partial charge in [0.25, 0.3) is 0 Å². The molecule has 0 unspecified atom stereocenters. The van der Waals surface area contributed by atoms with Gasteiger partial charge in [-0.25, -0.2) is 14.4 Å². The highest BCUT2D eigenvalue weighted by Crippen LogP contribution is 2.33. The van der Waals surface area contributed by atoms with E-state index in [0.29, 0.717) is 17.9 Å². The van der Waals surface area contributed by atoms with Crippen LogP contribution >= 0.6 is 11.6 Å². The average Bonchev–Trinajstić information content (AvgIpc) is 2.66. The largest absolute Gasteiger partial charge is 0.364 e. The first-order valence-electron chi connectivity index (χ1n) is 8.07. The van der Waals surface area contributed by atoms with Crippen LogP contribution in [0.15, 0.2) is 66.9 Å². The average molecular weight is 365 g/mol. The van der Waals surface area contributed by atoms with Crippen molar-refractivity contribution in [3.63, 3.8) is 0 Å². The van der Waals surface area contributed by atoms with E-state index >= 15 is 0 Å². The van der Waals surface area contributed by atoms with Crippen LogP contribution in [0.25, 0.3) is 22.0 Å². The molecule has 0 amide bonds. The van der Waals surface area contributed by atoms with Crippen molar-refractivity contribution in [3.05, 3.63) is 83.7 Å². The van der Waals surface area contributed by atoms with Crippen molar-refractivity contribution in [2.24, 2.45) is 0 Å². The van der Waals surface area contributed by atoms with E-state index in [1.807, 2.05) is 42.5 Å². The van der Waals surface area contributed by atoms with Crippen molar-refractivity contribution in [2.75, 3.05) is 5.32 Å². The monoisotopic (exact) mass is 364 g/mol. The Morgan fingerprint density at radius 2 is 1.85 bits per heavy atom. The zero-order valence-electron chi connectivity index (χ0n) is 13.7. The topological polar surface area (TPSA) is 50.7 Å². The van der Waals surface area contributed by atoms with E-state index < -0.39 is 0 Å². The Bertz CT molecular complexity index is 1070. The number of nitrogens with one attached hydrogen (secondary N) is 1. The van der Waals surface area contributed by atoms with Crippen LogP contribution in [0.3, 0.4) is 0 Å². The number of hydrogen-bond donors (Lipinski definition) is 1. The molecule has 2 aromatic heterocycles. The molecule has 128 valence electrons. The quantitative estimate of drug-likeness (QED) is 0.512. The summed E-state index contributed by atoms with van der Waals surface area (Å²) in [5.74, 6) is 0.294. The van der Waals surface area contributed by atoms with Gasteiger partial charge in [-0.1, -0.05) is 30.3 Å². The Labute approximate surface area is 154 Å². The van der Waals surface area contributed by atoms with Gasteiger partial charge >= 0.3 is 0 Å². The van der Waals surface area contributed by atoms with Gasteiger partial charge in [0, 0.05) is 6.20 Å². The van der Waals surface area contributed by atoms with E-state index in [2.05, 4.69) is 20.3 Å². The summed E-state index contributed by atoms with van der Waals surface area (Å²) >= 11 is 6.09. The summed E-state index contributed by atoms with van der Waals surface area (Å²) in [7, 11) is 0. The van der Waals surface area contributed by atoms with Gasteiger partial charge in [0.15, 0.2) is 0 Å². The number of benzene rings is 2. The molecule has 2 aromatic carbocycles. The van der Waals surface area contributed by atoms with Crippen LogP contribution < -0.4 is 5.32 Å². The molecule has 6 heteroatoms. The highest BCUT2D eigenvalue weighted by molar-refractivity contribution is 6.29. The predicted molar refractivity (Wildman–Crippen MR) is 102 cm³/mol. The minimum atomic E-state index is -0.294. The van der Waals surface area contributed by atoms with Crippen LogP contribution in [0, 0.1) is 5.82 Å². The summed E-state index contributed by atoms with van der Waals surface area (Å²) in [5.41, 5.74) is 3.15. The number of fused-ring (bicyclic) bond motifs is 1. The SMILES string of the molecule is Fc1cccc(-c2cccc3nc(Cl)nc(NCc4ccccn4)c23)c1. The fourth-order valence-electron chi connectivity index (χ4n) is 2.86. The number of anilines is 1. The fraction of sp³-hybridized carbons (Fsp3) is 0.0500. The lowest BCUT2D eigenvalue weighted by Gasteiger charge is -2.13. The number of nitrogens with zero attached hydrogens (tertiary/aromatic N) is 3. The number of halogens is 2. The van der Waals surface area contributed by atoms with E-state index in [4.69, 9.17) is 11.6 Å². The van der Waals surface area contributed by atoms with Gasteiger partial charge in [-0.05, 0) is 53.1 Å².